The average Bonchev–Trinajstić information content (AvgIpc) is 3.14. The second-order valence-corrected chi connectivity index (χ2v) is 8.28. The van der Waals surface area contributed by atoms with Gasteiger partial charge in [-0.15, -0.1) is 0 Å². The summed E-state index contributed by atoms with van der Waals surface area (Å²) in [7, 11) is 1.58. The number of benzene rings is 2. The van der Waals surface area contributed by atoms with Crippen LogP contribution in [0.1, 0.15) is 50.8 Å². The Morgan fingerprint density at radius 3 is 2.25 bits per heavy atom. The molecule has 0 spiro atoms. The summed E-state index contributed by atoms with van der Waals surface area (Å²) in [5.41, 5.74) is 1.10. The van der Waals surface area contributed by atoms with Crippen LogP contribution in [-0.2, 0) is 14.3 Å². The lowest BCUT2D eigenvalue weighted by atomic mass is 9.95. The molecule has 3 rings (SSSR count). The maximum absolute atomic E-state index is 13.2. The van der Waals surface area contributed by atoms with Gasteiger partial charge in [-0.1, -0.05) is 13.0 Å². The first-order chi connectivity index (χ1) is 17.5. The molecule has 0 aliphatic carbocycles. The fourth-order valence-electron chi connectivity index (χ4n) is 4.16. The van der Waals surface area contributed by atoms with Gasteiger partial charge in [-0.3, -0.25) is 9.59 Å². The molecular formula is C28H35NO7. The Morgan fingerprint density at radius 1 is 0.917 bits per heavy atom. The van der Waals surface area contributed by atoms with Crippen LogP contribution in [-0.4, -0.2) is 61.8 Å². The molecule has 194 valence electrons. The number of hydrogen-bond acceptors (Lipinski definition) is 7. The number of amides is 1. The van der Waals surface area contributed by atoms with E-state index < -0.39 is 17.7 Å². The quantitative estimate of drug-likeness (QED) is 0.185. The molecule has 1 aliphatic heterocycles. The molecule has 1 aliphatic rings. The van der Waals surface area contributed by atoms with Gasteiger partial charge in [0.1, 0.15) is 11.5 Å². The van der Waals surface area contributed by atoms with Gasteiger partial charge in [0, 0.05) is 25.8 Å². The van der Waals surface area contributed by atoms with Gasteiger partial charge >= 0.3 is 0 Å². The molecule has 0 bridgehead atoms. The van der Waals surface area contributed by atoms with Crippen LogP contribution in [0.5, 0.6) is 17.2 Å². The first kappa shape index (κ1) is 27.1. The van der Waals surface area contributed by atoms with Crippen molar-refractivity contribution in [2.24, 2.45) is 0 Å². The van der Waals surface area contributed by atoms with E-state index in [1.807, 2.05) is 20.8 Å². The zero-order valence-electron chi connectivity index (χ0n) is 21.4. The summed E-state index contributed by atoms with van der Waals surface area (Å²) < 4.78 is 22.2. The van der Waals surface area contributed by atoms with E-state index in [1.165, 1.54) is 4.90 Å². The number of methoxy groups -OCH3 is 1. The fourth-order valence-corrected chi connectivity index (χ4v) is 4.16. The SMILES string of the molecule is CCCOc1ccc(/C(O)=C2\C(=O)C(=O)N(CCCOC)C2c2ccc(OCC)c(OCC)c2)cc1. The molecule has 1 heterocycles. The number of nitrogens with zero attached hydrogens (tertiary/aromatic N) is 1. The van der Waals surface area contributed by atoms with Crippen LogP contribution in [0.25, 0.3) is 5.76 Å². The minimum atomic E-state index is -0.784. The molecule has 0 aromatic heterocycles. The van der Waals surface area contributed by atoms with Gasteiger partial charge in [-0.25, -0.2) is 0 Å². The lowest BCUT2D eigenvalue weighted by molar-refractivity contribution is -0.140. The first-order valence-corrected chi connectivity index (χ1v) is 12.4. The minimum Gasteiger partial charge on any atom is -0.507 e. The molecule has 8 heteroatoms. The summed E-state index contributed by atoms with van der Waals surface area (Å²) >= 11 is 0. The summed E-state index contributed by atoms with van der Waals surface area (Å²) in [6.07, 6.45) is 1.42. The van der Waals surface area contributed by atoms with E-state index in [1.54, 1.807) is 49.6 Å². The average molecular weight is 498 g/mol. The number of ether oxygens (including phenoxy) is 4. The van der Waals surface area contributed by atoms with Gasteiger partial charge in [0.15, 0.2) is 11.5 Å². The predicted octanol–water partition coefficient (Wildman–Crippen LogP) is 4.73. The number of ketones is 1. The summed E-state index contributed by atoms with van der Waals surface area (Å²) in [6, 6.07) is 11.4. The van der Waals surface area contributed by atoms with E-state index in [2.05, 4.69) is 0 Å². The van der Waals surface area contributed by atoms with Gasteiger partial charge in [-0.05, 0) is 68.7 Å². The number of aliphatic hydroxyl groups is 1. The molecule has 0 saturated carbocycles. The van der Waals surface area contributed by atoms with Crippen molar-refractivity contribution >= 4 is 17.4 Å². The van der Waals surface area contributed by atoms with Crippen molar-refractivity contribution < 1.29 is 33.6 Å². The molecule has 2 aromatic carbocycles. The number of rotatable bonds is 13. The monoisotopic (exact) mass is 497 g/mol. The highest BCUT2D eigenvalue weighted by atomic mass is 16.5. The van der Waals surface area contributed by atoms with E-state index in [-0.39, 0.29) is 11.3 Å². The molecule has 8 nitrogen and oxygen atoms in total. The normalized spacial score (nSPS) is 16.9. The zero-order valence-corrected chi connectivity index (χ0v) is 21.4. The summed E-state index contributed by atoms with van der Waals surface area (Å²) in [4.78, 5) is 27.8. The molecule has 2 aromatic rings. The predicted molar refractivity (Wildman–Crippen MR) is 137 cm³/mol. The van der Waals surface area contributed by atoms with Gasteiger partial charge < -0.3 is 29.0 Å². The Morgan fingerprint density at radius 2 is 1.61 bits per heavy atom. The van der Waals surface area contributed by atoms with Crippen molar-refractivity contribution in [1.82, 2.24) is 4.90 Å². The lowest BCUT2D eigenvalue weighted by Gasteiger charge is -2.26. The van der Waals surface area contributed by atoms with E-state index in [9.17, 15) is 14.7 Å². The topological polar surface area (TPSA) is 94.5 Å². The largest absolute Gasteiger partial charge is 0.507 e. The fraction of sp³-hybridized carbons (Fsp3) is 0.429. The third-order valence-electron chi connectivity index (χ3n) is 5.77. The van der Waals surface area contributed by atoms with Crippen molar-refractivity contribution in [2.45, 2.75) is 39.7 Å². The highest BCUT2D eigenvalue weighted by Crippen LogP contribution is 2.42. The molecule has 1 N–H and O–H groups in total. The smallest absolute Gasteiger partial charge is 0.295 e. The Bertz CT molecular complexity index is 1080. The highest BCUT2D eigenvalue weighted by Gasteiger charge is 2.46. The number of likely N-dealkylation sites (tertiary alicyclic amines) is 1. The molecule has 36 heavy (non-hydrogen) atoms. The van der Waals surface area contributed by atoms with E-state index >= 15 is 0 Å². The van der Waals surface area contributed by atoms with Crippen molar-refractivity contribution in [3.8, 4) is 17.2 Å². The molecule has 1 unspecified atom stereocenters. The standard InChI is InChI=1S/C28H35NO7/c1-5-16-36-21-12-9-19(10-13-21)26(30)24-25(29(15-8-17-33-4)28(32)27(24)31)20-11-14-22(34-6-2)23(18-20)35-7-3/h9-14,18,25,30H,5-8,15-17H2,1-4H3/b26-24+. The number of Topliss-reactive ketones (excluding diaryl/α,β-unsaturated/α-hetero) is 1. The summed E-state index contributed by atoms with van der Waals surface area (Å²) in [5.74, 6) is 0.124. The molecule has 1 atom stereocenters. The van der Waals surface area contributed by atoms with Crippen molar-refractivity contribution in [1.29, 1.82) is 0 Å². The molecular weight excluding hydrogens is 462 g/mol. The molecule has 0 radical (unpaired) electrons. The van der Waals surface area contributed by atoms with Crippen molar-refractivity contribution in [3.05, 3.63) is 59.2 Å². The van der Waals surface area contributed by atoms with Crippen LogP contribution >= 0.6 is 0 Å². The third kappa shape index (κ3) is 5.99. The Balaban J connectivity index is 2.09. The Hall–Kier alpha value is -3.52. The molecule has 1 fully saturated rings. The van der Waals surface area contributed by atoms with Crippen LogP contribution in [0.2, 0.25) is 0 Å². The number of carbonyl (C=O) groups excluding carboxylic acids is 2. The molecule has 1 saturated heterocycles. The second kappa shape index (κ2) is 13.0. The third-order valence-corrected chi connectivity index (χ3v) is 5.77. The summed E-state index contributed by atoms with van der Waals surface area (Å²) in [6.45, 7) is 7.96. The first-order valence-electron chi connectivity index (χ1n) is 12.4. The number of hydrogen-bond donors (Lipinski definition) is 1. The number of carbonyl (C=O) groups is 2. The highest BCUT2D eigenvalue weighted by molar-refractivity contribution is 6.46. The van der Waals surface area contributed by atoms with Crippen LogP contribution in [0.4, 0.5) is 0 Å². The van der Waals surface area contributed by atoms with Crippen LogP contribution in [0.15, 0.2) is 48.0 Å². The lowest BCUT2D eigenvalue weighted by Crippen LogP contribution is -2.31. The Kier molecular flexibility index (Phi) is 9.76. The summed E-state index contributed by atoms with van der Waals surface area (Å²) in [5, 5.41) is 11.3. The maximum atomic E-state index is 13.2. The van der Waals surface area contributed by atoms with Gasteiger partial charge in [0.2, 0.25) is 0 Å². The minimum absolute atomic E-state index is 0.0336. The van der Waals surface area contributed by atoms with Crippen LogP contribution in [0.3, 0.4) is 0 Å². The van der Waals surface area contributed by atoms with E-state index in [0.717, 1.165) is 6.42 Å². The van der Waals surface area contributed by atoms with Gasteiger partial charge in [-0.2, -0.15) is 0 Å². The van der Waals surface area contributed by atoms with Gasteiger partial charge in [0.05, 0.1) is 31.4 Å². The van der Waals surface area contributed by atoms with Gasteiger partial charge in [0.25, 0.3) is 11.7 Å². The Labute approximate surface area is 212 Å². The van der Waals surface area contributed by atoms with Crippen LogP contribution in [0, 0.1) is 0 Å². The van der Waals surface area contributed by atoms with E-state index in [0.29, 0.717) is 67.8 Å². The van der Waals surface area contributed by atoms with Crippen molar-refractivity contribution in [3.63, 3.8) is 0 Å². The van der Waals surface area contributed by atoms with Crippen molar-refractivity contribution in [2.75, 3.05) is 40.1 Å². The van der Waals surface area contributed by atoms with Crippen LogP contribution < -0.4 is 14.2 Å². The number of aliphatic hydroxyl groups excluding tert-OH is 1. The zero-order chi connectivity index (χ0) is 26.1. The van der Waals surface area contributed by atoms with E-state index in [4.69, 9.17) is 18.9 Å². The molecule has 1 amide bonds. The maximum Gasteiger partial charge on any atom is 0.295 e. The second-order valence-electron chi connectivity index (χ2n) is 8.28.